The highest BCUT2D eigenvalue weighted by Gasteiger charge is 2.22. The normalized spacial score (nSPS) is 16.1. The van der Waals surface area contributed by atoms with Gasteiger partial charge in [-0.1, -0.05) is 12.1 Å². The second-order valence-corrected chi connectivity index (χ2v) is 7.15. The number of aromatic amines is 1. The Kier molecular flexibility index (Phi) is 5.10. The van der Waals surface area contributed by atoms with Gasteiger partial charge in [-0.2, -0.15) is 0 Å². The molecule has 4 rings (SSSR count). The first-order valence-electron chi connectivity index (χ1n) is 9.63. The van der Waals surface area contributed by atoms with E-state index in [0.717, 1.165) is 36.0 Å². The lowest BCUT2D eigenvalue weighted by Gasteiger charge is -2.27. The quantitative estimate of drug-likeness (QED) is 0.645. The molecule has 5 nitrogen and oxygen atoms in total. The Morgan fingerprint density at radius 2 is 2.26 bits per heavy atom. The number of carbonyl (C=O) groups excluding carboxylic acids is 1. The van der Waals surface area contributed by atoms with Gasteiger partial charge in [0.1, 0.15) is 5.75 Å². The van der Waals surface area contributed by atoms with Crippen molar-refractivity contribution >= 4 is 16.9 Å². The molecule has 1 unspecified atom stereocenters. The molecule has 0 radical (unpaired) electrons. The Morgan fingerprint density at radius 1 is 1.33 bits per heavy atom. The lowest BCUT2D eigenvalue weighted by atomic mass is 9.80. The van der Waals surface area contributed by atoms with Crippen molar-refractivity contribution in [2.75, 3.05) is 13.7 Å². The molecule has 2 N–H and O–H groups in total. The van der Waals surface area contributed by atoms with Crippen molar-refractivity contribution in [1.29, 1.82) is 0 Å². The fourth-order valence-electron chi connectivity index (χ4n) is 4.13. The van der Waals surface area contributed by atoms with E-state index < -0.39 is 0 Å². The number of rotatable bonds is 6. The average molecular weight is 363 g/mol. The second kappa shape index (κ2) is 7.82. The largest absolute Gasteiger partial charge is 0.496 e. The summed E-state index contributed by atoms with van der Waals surface area (Å²) >= 11 is 0. The van der Waals surface area contributed by atoms with E-state index in [2.05, 4.69) is 33.5 Å². The molecule has 1 heterocycles. The minimum absolute atomic E-state index is 0.0304. The number of fused-ring (bicyclic) bond motifs is 2. The number of hydrogen-bond acceptors (Lipinski definition) is 3. The number of H-pyrrole nitrogens is 1. The SMILES string of the molecule is COc1cccc2c1CCCC2CCCNC(=O)c1ccc2nc[nH]c2c1. The van der Waals surface area contributed by atoms with Crippen molar-refractivity contribution in [1.82, 2.24) is 15.3 Å². The zero-order valence-corrected chi connectivity index (χ0v) is 15.6. The first-order valence-corrected chi connectivity index (χ1v) is 9.63. The van der Waals surface area contributed by atoms with E-state index in [0.29, 0.717) is 18.0 Å². The van der Waals surface area contributed by atoms with E-state index in [4.69, 9.17) is 4.74 Å². The van der Waals surface area contributed by atoms with Crippen LogP contribution in [0.2, 0.25) is 0 Å². The predicted molar refractivity (Wildman–Crippen MR) is 106 cm³/mol. The molecule has 1 aromatic heterocycles. The highest BCUT2D eigenvalue weighted by molar-refractivity contribution is 5.97. The van der Waals surface area contributed by atoms with E-state index in [1.807, 2.05) is 18.2 Å². The number of benzene rings is 2. The highest BCUT2D eigenvalue weighted by atomic mass is 16.5. The van der Waals surface area contributed by atoms with E-state index in [1.54, 1.807) is 13.4 Å². The molecule has 0 aliphatic heterocycles. The van der Waals surface area contributed by atoms with Crippen molar-refractivity contribution in [3.63, 3.8) is 0 Å². The Bertz CT molecular complexity index is 948. The first kappa shape index (κ1) is 17.6. The van der Waals surface area contributed by atoms with Crippen LogP contribution in [0.5, 0.6) is 5.75 Å². The van der Waals surface area contributed by atoms with Crippen LogP contribution in [-0.2, 0) is 6.42 Å². The van der Waals surface area contributed by atoms with Gasteiger partial charge >= 0.3 is 0 Å². The number of carbonyl (C=O) groups is 1. The monoisotopic (exact) mass is 363 g/mol. The number of hydrogen-bond donors (Lipinski definition) is 2. The molecule has 27 heavy (non-hydrogen) atoms. The minimum Gasteiger partial charge on any atom is -0.496 e. The Labute approximate surface area is 159 Å². The van der Waals surface area contributed by atoms with Crippen molar-refractivity contribution in [3.8, 4) is 5.75 Å². The number of aromatic nitrogens is 2. The number of imidazole rings is 1. The number of nitrogens with zero attached hydrogens (tertiary/aromatic N) is 1. The van der Waals surface area contributed by atoms with Crippen molar-refractivity contribution in [2.24, 2.45) is 0 Å². The zero-order chi connectivity index (χ0) is 18.6. The Morgan fingerprint density at radius 3 is 3.15 bits per heavy atom. The van der Waals surface area contributed by atoms with Gasteiger partial charge in [-0.25, -0.2) is 4.98 Å². The Balaban J connectivity index is 1.32. The van der Waals surface area contributed by atoms with E-state index in [1.165, 1.54) is 24.0 Å². The summed E-state index contributed by atoms with van der Waals surface area (Å²) in [6.45, 7) is 0.690. The number of ether oxygens (including phenoxy) is 1. The second-order valence-electron chi connectivity index (χ2n) is 7.15. The van der Waals surface area contributed by atoms with E-state index in [-0.39, 0.29) is 5.91 Å². The van der Waals surface area contributed by atoms with Gasteiger partial charge in [-0.3, -0.25) is 4.79 Å². The van der Waals surface area contributed by atoms with Gasteiger partial charge in [0.25, 0.3) is 5.91 Å². The lowest BCUT2D eigenvalue weighted by Crippen LogP contribution is -2.25. The summed E-state index contributed by atoms with van der Waals surface area (Å²) in [5, 5.41) is 3.04. The van der Waals surface area contributed by atoms with Crippen LogP contribution in [0.4, 0.5) is 0 Å². The topological polar surface area (TPSA) is 67.0 Å². The van der Waals surface area contributed by atoms with Gasteiger partial charge in [0, 0.05) is 12.1 Å². The molecule has 1 aliphatic rings. The maximum absolute atomic E-state index is 12.4. The van der Waals surface area contributed by atoms with Gasteiger partial charge in [0.05, 0.1) is 24.5 Å². The minimum atomic E-state index is -0.0304. The molecule has 5 heteroatoms. The molecule has 2 aromatic carbocycles. The molecule has 1 atom stereocenters. The van der Waals surface area contributed by atoms with E-state index >= 15 is 0 Å². The van der Waals surface area contributed by atoms with Crippen molar-refractivity contribution in [3.05, 3.63) is 59.4 Å². The molecule has 1 aliphatic carbocycles. The van der Waals surface area contributed by atoms with Crippen LogP contribution in [0.1, 0.15) is 53.1 Å². The van der Waals surface area contributed by atoms with Crippen molar-refractivity contribution < 1.29 is 9.53 Å². The molecule has 0 spiro atoms. The third-order valence-electron chi connectivity index (χ3n) is 5.51. The van der Waals surface area contributed by atoms with Crippen LogP contribution in [0.3, 0.4) is 0 Å². The molecule has 140 valence electrons. The fraction of sp³-hybridized carbons (Fsp3) is 0.364. The number of amides is 1. The summed E-state index contributed by atoms with van der Waals surface area (Å²) < 4.78 is 5.53. The molecule has 0 saturated carbocycles. The Hall–Kier alpha value is -2.82. The zero-order valence-electron chi connectivity index (χ0n) is 15.6. The van der Waals surface area contributed by atoms with Crippen LogP contribution < -0.4 is 10.1 Å². The van der Waals surface area contributed by atoms with Crippen LogP contribution >= 0.6 is 0 Å². The maximum Gasteiger partial charge on any atom is 0.251 e. The van der Waals surface area contributed by atoms with Gasteiger partial charge in [0.2, 0.25) is 0 Å². The fourth-order valence-corrected chi connectivity index (χ4v) is 4.13. The summed E-state index contributed by atoms with van der Waals surface area (Å²) in [6.07, 6.45) is 7.21. The molecule has 3 aromatic rings. The van der Waals surface area contributed by atoms with E-state index in [9.17, 15) is 4.79 Å². The third kappa shape index (κ3) is 3.68. The number of nitrogens with one attached hydrogen (secondary N) is 2. The summed E-state index contributed by atoms with van der Waals surface area (Å²) in [7, 11) is 1.75. The molecule has 0 fully saturated rings. The summed E-state index contributed by atoms with van der Waals surface area (Å²) in [5.41, 5.74) is 5.22. The molecular formula is C22H25N3O2. The maximum atomic E-state index is 12.4. The summed E-state index contributed by atoms with van der Waals surface area (Å²) in [5.74, 6) is 1.54. The number of methoxy groups -OCH3 is 1. The standard InChI is InChI=1S/C22H25N3O2/c1-27-21-9-3-7-17-15(5-2-8-18(17)21)6-4-12-23-22(26)16-10-11-19-20(13-16)25-14-24-19/h3,7,9-11,13-15H,2,4-6,8,12H2,1H3,(H,23,26)(H,24,25). The third-order valence-corrected chi connectivity index (χ3v) is 5.51. The van der Waals surface area contributed by atoms with Gasteiger partial charge < -0.3 is 15.0 Å². The summed E-state index contributed by atoms with van der Waals surface area (Å²) in [4.78, 5) is 19.6. The van der Waals surface area contributed by atoms with Crippen LogP contribution in [0.25, 0.3) is 11.0 Å². The van der Waals surface area contributed by atoms with Crippen molar-refractivity contribution in [2.45, 2.75) is 38.0 Å². The predicted octanol–water partition coefficient (Wildman–Crippen LogP) is 4.20. The van der Waals surface area contributed by atoms with Gasteiger partial charge in [-0.15, -0.1) is 0 Å². The van der Waals surface area contributed by atoms with Crippen LogP contribution in [0.15, 0.2) is 42.7 Å². The smallest absolute Gasteiger partial charge is 0.251 e. The van der Waals surface area contributed by atoms with Gasteiger partial charge in [0.15, 0.2) is 0 Å². The summed E-state index contributed by atoms with van der Waals surface area (Å²) in [6, 6.07) is 11.9. The van der Waals surface area contributed by atoms with Gasteiger partial charge in [-0.05, 0) is 73.4 Å². The van der Waals surface area contributed by atoms with Crippen LogP contribution in [-0.4, -0.2) is 29.5 Å². The average Bonchev–Trinajstić information content (AvgIpc) is 3.18. The molecule has 0 saturated heterocycles. The highest BCUT2D eigenvalue weighted by Crippen LogP contribution is 2.38. The first-order chi connectivity index (χ1) is 13.3. The molecule has 1 amide bonds. The van der Waals surface area contributed by atoms with Crippen LogP contribution in [0, 0.1) is 0 Å². The lowest BCUT2D eigenvalue weighted by molar-refractivity contribution is 0.0953. The molecular weight excluding hydrogens is 338 g/mol. The molecule has 0 bridgehead atoms.